The maximum atomic E-state index is 5.24. The molecule has 0 aliphatic heterocycles. The first kappa shape index (κ1) is 22.4. The van der Waals surface area contributed by atoms with Gasteiger partial charge in [-0.2, -0.15) is 11.8 Å². The summed E-state index contributed by atoms with van der Waals surface area (Å²) in [5.41, 5.74) is 1.30. The third kappa shape index (κ3) is 6.55. The number of methoxy groups -OCH3 is 1. The van der Waals surface area contributed by atoms with Gasteiger partial charge in [-0.05, 0) is 43.2 Å². The monoisotopic (exact) mass is 477 g/mol. The minimum atomic E-state index is 0. The second-order valence-electron chi connectivity index (χ2n) is 7.05. The number of halogens is 1. The number of nitrogens with zero attached hydrogens (tertiary/aromatic N) is 1. The summed E-state index contributed by atoms with van der Waals surface area (Å²) in [7, 11) is 3.54. The molecule has 2 atom stereocenters. The summed E-state index contributed by atoms with van der Waals surface area (Å²) in [6.45, 7) is 5.32. The molecule has 0 aromatic heterocycles. The number of guanidine groups is 1. The van der Waals surface area contributed by atoms with Crippen molar-refractivity contribution in [2.24, 2.45) is 4.99 Å². The van der Waals surface area contributed by atoms with Crippen molar-refractivity contribution in [2.75, 3.05) is 27.0 Å². The maximum Gasteiger partial charge on any atom is 0.191 e. The van der Waals surface area contributed by atoms with Crippen molar-refractivity contribution in [2.45, 2.75) is 49.8 Å². The molecule has 2 unspecified atom stereocenters. The van der Waals surface area contributed by atoms with Crippen LogP contribution in [0, 0.1) is 0 Å². The molecule has 0 heterocycles. The Morgan fingerprint density at radius 3 is 2.48 bits per heavy atom. The molecule has 1 aliphatic rings. The molecule has 0 amide bonds. The summed E-state index contributed by atoms with van der Waals surface area (Å²) in [4.78, 5) is 4.39. The van der Waals surface area contributed by atoms with E-state index in [1.54, 1.807) is 7.11 Å². The van der Waals surface area contributed by atoms with Crippen LogP contribution in [0.3, 0.4) is 0 Å². The number of rotatable bonds is 6. The highest BCUT2D eigenvalue weighted by Crippen LogP contribution is 2.28. The standard InChI is InChI=1S/C19H31N3OS.HI/c1-19(2,14-6-9-16(23-4)10-7-14)13-21-18(20-3)22-15-8-11-17(12-15)24-5;/h6-7,9-10,15,17H,8,11-13H2,1-5H3,(H2,20,21,22);1H. The minimum Gasteiger partial charge on any atom is -0.497 e. The molecule has 1 saturated carbocycles. The highest BCUT2D eigenvalue weighted by molar-refractivity contribution is 14.0. The summed E-state index contributed by atoms with van der Waals surface area (Å²) in [5, 5.41) is 7.86. The molecule has 142 valence electrons. The third-order valence-corrected chi connectivity index (χ3v) is 5.95. The fourth-order valence-electron chi connectivity index (χ4n) is 3.12. The fourth-order valence-corrected chi connectivity index (χ4v) is 3.92. The lowest BCUT2D eigenvalue weighted by Crippen LogP contribution is -2.46. The quantitative estimate of drug-likeness (QED) is 0.369. The zero-order valence-corrected chi connectivity index (χ0v) is 19.1. The van der Waals surface area contributed by atoms with E-state index in [1.807, 2.05) is 30.9 Å². The predicted molar refractivity (Wildman–Crippen MR) is 121 cm³/mol. The fraction of sp³-hybridized carbons (Fsp3) is 0.632. The lowest BCUT2D eigenvalue weighted by molar-refractivity contribution is 0.414. The molecule has 6 heteroatoms. The first-order valence-corrected chi connectivity index (χ1v) is 9.92. The summed E-state index contributed by atoms with van der Waals surface area (Å²) in [5.74, 6) is 1.80. The van der Waals surface area contributed by atoms with Gasteiger partial charge in [-0.1, -0.05) is 26.0 Å². The molecule has 4 nitrogen and oxygen atoms in total. The Labute approximate surface area is 174 Å². The van der Waals surface area contributed by atoms with Crippen molar-refractivity contribution in [3.63, 3.8) is 0 Å². The van der Waals surface area contributed by atoms with Gasteiger partial charge in [0.2, 0.25) is 0 Å². The summed E-state index contributed by atoms with van der Waals surface area (Å²) in [6.07, 6.45) is 5.96. The van der Waals surface area contributed by atoms with Gasteiger partial charge < -0.3 is 15.4 Å². The second-order valence-corrected chi connectivity index (χ2v) is 8.19. The Morgan fingerprint density at radius 2 is 1.96 bits per heavy atom. The molecule has 2 N–H and O–H groups in total. The van der Waals surface area contributed by atoms with Crippen LogP contribution in [0.4, 0.5) is 0 Å². The molecule has 0 saturated heterocycles. The molecule has 1 aromatic carbocycles. The molecule has 0 spiro atoms. The van der Waals surface area contributed by atoms with E-state index < -0.39 is 0 Å². The second kappa shape index (κ2) is 10.5. The number of hydrogen-bond donors (Lipinski definition) is 2. The minimum absolute atomic E-state index is 0. The van der Waals surface area contributed by atoms with Crippen molar-refractivity contribution in [1.82, 2.24) is 10.6 Å². The van der Waals surface area contributed by atoms with E-state index in [2.05, 4.69) is 47.9 Å². The molecule has 0 radical (unpaired) electrons. The van der Waals surface area contributed by atoms with Gasteiger partial charge in [0.1, 0.15) is 5.75 Å². The molecule has 2 rings (SSSR count). The van der Waals surface area contributed by atoms with E-state index in [0.29, 0.717) is 6.04 Å². The average molecular weight is 477 g/mol. The number of aliphatic imine (C=N–C) groups is 1. The normalized spacial score (nSPS) is 20.8. The number of ether oxygens (including phenoxy) is 1. The number of thioether (sulfide) groups is 1. The summed E-state index contributed by atoms with van der Waals surface area (Å²) >= 11 is 1.98. The molecule has 0 bridgehead atoms. The molecule has 25 heavy (non-hydrogen) atoms. The smallest absolute Gasteiger partial charge is 0.191 e. The van der Waals surface area contributed by atoms with Crippen LogP contribution >= 0.6 is 35.7 Å². The maximum absolute atomic E-state index is 5.24. The van der Waals surface area contributed by atoms with Crippen molar-refractivity contribution in [3.05, 3.63) is 29.8 Å². The van der Waals surface area contributed by atoms with Crippen LogP contribution in [-0.2, 0) is 5.41 Å². The van der Waals surface area contributed by atoms with Crippen LogP contribution in [0.5, 0.6) is 5.75 Å². The third-order valence-electron chi connectivity index (χ3n) is 4.85. The first-order valence-electron chi connectivity index (χ1n) is 8.63. The van der Waals surface area contributed by atoms with Gasteiger partial charge in [-0.3, -0.25) is 4.99 Å². The Hall–Kier alpha value is -0.630. The summed E-state index contributed by atoms with van der Waals surface area (Å²) < 4.78 is 5.24. The molecule has 1 aliphatic carbocycles. The zero-order valence-electron chi connectivity index (χ0n) is 16.0. The average Bonchev–Trinajstić information content (AvgIpc) is 3.06. The van der Waals surface area contributed by atoms with E-state index in [4.69, 9.17) is 4.74 Å². The zero-order chi connectivity index (χ0) is 17.6. The lowest BCUT2D eigenvalue weighted by Gasteiger charge is -2.27. The number of hydrogen-bond acceptors (Lipinski definition) is 3. The van der Waals surface area contributed by atoms with Gasteiger partial charge in [0.15, 0.2) is 5.96 Å². The highest BCUT2D eigenvalue weighted by atomic mass is 127. The van der Waals surface area contributed by atoms with E-state index in [-0.39, 0.29) is 29.4 Å². The number of benzene rings is 1. The van der Waals surface area contributed by atoms with Crippen molar-refractivity contribution < 1.29 is 4.74 Å². The van der Waals surface area contributed by atoms with Gasteiger partial charge in [0.05, 0.1) is 7.11 Å². The van der Waals surface area contributed by atoms with Gasteiger partial charge in [-0.15, -0.1) is 24.0 Å². The van der Waals surface area contributed by atoms with Gasteiger partial charge in [0, 0.05) is 30.3 Å². The van der Waals surface area contributed by atoms with Crippen molar-refractivity contribution in [1.29, 1.82) is 0 Å². The van der Waals surface area contributed by atoms with Crippen LogP contribution < -0.4 is 15.4 Å². The van der Waals surface area contributed by atoms with E-state index in [0.717, 1.165) is 23.5 Å². The molecule has 1 fully saturated rings. The van der Waals surface area contributed by atoms with Crippen LogP contribution in [0.2, 0.25) is 0 Å². The van der Waals surface area contributed by atoms with E-state index >= 15 is 0 Å². The van der Waals surface area contributed by atoms with Crippen LogP contribution in [-0.4, -0.2) is 44.2 Å². The Kier molecular flexibility index (Phi) is 9.41. The SMILES string of the molecule is CN=C(NCC(C)(C)c1ccc(OC)cc1)NC1CCC(SC)C1.I. The molecule has 1 aromatic rings. The van der Waals surface area contributed by atoms with Crippen LogP contribution in [0.25, 0.3) is 0 Å². The largest absolute Gasteiger partial charge is 0.497 e. The lowest BCUT2D eigenvalue weighted by atomic mass is 9.84. The number of nitrogens with one attached hydrogen (secondary N) is 2. The predicted octanol–water partition coefficient (Wildman–Crippen LogP) is 4.04. The Balaban J connectivity index is 0.00000312. The van der Waals surface area contributed by atoms with Crippen molar-refractivity contribution >= 4 is 41.7 Å². The van der Waals surface area contributed by atoms with Crippen LogP contribution in [0.15, 0.2) is 29.3 Å². The Morgan fingerprint density at radius 1 is 1.28 bits per heavy atom. The topological polar surface area (TPSA) is 45.7 Å². The summed E-state index contributed by atoms with van der Waals surface area (Å²) in [6, 6.07) is 8.85. The van der Waals surface area contributed by atoms with Gasteiger partial charge in [-0.25, -0.2) is 0 Å². The first-order chi connectivity index (χ1) is 11.5. The van der Waals surface area contributed by atoms with E-state index in [1.165, 1.54) is 24.8 Å². The highest BCUT2D eigenvalue weighted by Gasteiger charge is 2.25. The molecular formula is C19H32IN3OS. The van der Waals surface area contributed by atoms with E-state index in [9.17, 15) is 0 Å². The van der Waals surface area contributed by atoms with Gasteiger partial charge >= 0.3 is 0 Å². The van der Waals surface area contributed by atoms with Crippen molar-refractivity contribution in [3.8, 4) is 5.75 Å². The molecular weight excluding hydrogens is 445 g/mol. The van der Waals surface area contributed by atoms with Gasteiger partial charge in [0.25, 0.3) is 0 Å². The van der Waals surface area contributed by atoms with Crippen LogP contribution in [0.1, 0.15) is 38.7 Å². The Bertz CT molecular complexity index is 548.